The highest BCUT2D eigenvalue weighted by Gasteiger charge is 2.14. The molecule has 0 saturated carbocycles. The van der Waals surface area contributed by atoms with E-state index in [0.29, 0.717) is 4.83 Å². The third-order valence-electron chi connectivity index (χ3n) is 2.47. The molecule has 0 amide bonds. The van der Waals surface area contributed by atoms with Gasteiger partial charge in [0.25, 0.3) is 5.56 Å². The van der Waals surface area contributed by atoms with Crippen LogP contribution in [0.3, 0.4) is 0 Å². The van der Waals surface area contributed by atoms with Crippen molar-refractivity contribution in [1.29, 1.82) is 0 Å². The van der Waals surface area contributed by atoms with E-state index in [2.05, 4.69) is 15.0 Å². The Morgan fingerprint density at radius 2 is 2.05 bits per heavy atom. The number of fused-ring (bicyclic) bond motifs is 1. The summed E-state index contributed by atoms with van der Waals surface area (Å²) in [4.78, 5) is 22.3. The minimum absolute atomic E-state index is 0.0604. The van der Waals surface area contributed by atoms with Gasteiger partial charge in [-0.05, 0) is 12.1 Å². The largest absolute Gasteiger partial charge is 0.304 e. The smallest absolute Gasteiger partial charge is 0.278 e. The fourth-order valence-electron chi connectivity index (χ4n) is 1.60. The van der Waals surface area contributed by atoms with Crippen LogP contribution >= 0.6 is 22.9 Å². The Morgan fingerprint density at radius 1 is 1.26 bits per heavy atom. The van der Waals surface area contributed by atoms with E-state index in [1.807, 2.05) is 0 Å². The summed E-state index contributed by atoms with van der Waals surface area (Å²) in [5, 5.41) is -0.331. The predicted octanol–water partition coefficient (Wildman–Crippen LogP) is 2.98. The van der Waals surface area contributed by atoms with E-state index in [-0.39, 0.29) is 21.9 Å². The number of aromatic amines is 1. The van der Waals surface area contributed by atoms with Crippen LogP contribution in [0.1, 0.15) is 0 Å². The van der Waals surface area contributed by atoms with Gasteiger partial charge in [0.15, 0.2) is 10.3 Å². The molecule has 2 heterocycles. The first-order chi connectivity index (χ1) is 9.06. The topological polar surface area (TPSA) is 58.6 Å². The van der Waals surface area contributed by atoms with Crippen molar-refractivity contribution in [1.82, 2.24) is 15.0 Å². The third-order valence-corrected chi connectivity index (χ3v) is 3.48. The third kappa shape index (κ3) is 2.00. The van der Waals surface area contributed by atoms with Crippen molar-refractivity contribution < 1.29 is 8.78 Å². The van der Waals surface area contributed by atoms with Gasteiger partial charge in [0.05, 0.1) is 16.1 Å². The summed E-state index contributed by atoms with van der Waals surface area (Å²) in [5.41, 5.74) is 0.962. The van der Waals surface area contributed by atoms with Crippen LogP contribution in [0, 0.1) is 11.6 Å². The molecule has 0 spiro atoms. The van der Waals surface area contributed by atoms with Crippen LogP contribution in [0.25, 0.3) is 21.7 Å². The van der Waals surface area contributed by atoms with Crippen LogP contribution in [0.2, 0.25) is 5.02 Å². The van der Waals surface area contributed by atoms with E-state index in [4.69, 9.17) is 11.6 Å². The van der Waals surface area contributed by atoms with E-state index in [0.717, 1.165) is 23.5 Å². The maximum atomic E-state index is 13.7. The van der Waals surface area contributed by atoms with Gasteiger partial charge in [0.2, 0.25) is 0 Å². The van der Waals surface area contributed by atoms with E-state index in [1.165, 1.54) is 5.51 Å². The Hall–Kier alpha value is -1.86. The molecule has 1 aromatic carbocycles. The van der Waals surface area contributed by atoms with Gasteiger partial charge in [0.1, 0.15) is 17.5 Å². The highest BCUT2D eigenvalue weighted by Crippen LogP contribution is 2.26. The molecule has 0 aliphatic heterocycles. The van der Waals surface area contributed by atoms with Crippen LogP contribution in [-0.2, 0) is 0 Å². The molecule has 0 aliphatic carbocycles. The Labute approximate surface area is 113 Å². The van der Waals surface area contributed by atoms with Gasteiger partial charge in [-0.2, -0.15) is 0 Å². The molecular formula is C11H4ClF2N3OS. The molecule has 0 atom stereocenters. The molecule has 0 radical (unpaired) electrons. The first kappa shape index (κ1) is 12.2. The lowest BCUT2D eigenvalue weighted by atomic mass is 10.2. The number of aromatic nitrogens is 3. The quantitative estimate of drug-likeness (QED) is 0.703. The number of halogens is 3. The van der Waals surface area contributed by atoms with Crippen molar-refractivity contribution in [3.05, 3.63) is 44.7 Å². The highest BCUT2D eigenvalue weighted by atomic mass is 35.5. The number of nitrogens with one attached hydrogen (secondary N) is 1. The maximum absolute atomic E-state index is 13.7. The van der Waals surface area contributed by atoms with E-state index in [1.54, 1.807) is 0 Å². The summed E-state index contributed by atoms with van der Waals surface area (Å²) in [6, 6.07) is 1.73. The molecule has 3 aromatic rings. The summed E-state index contributed by atoms with van der Waals surface area (Å²) >= 11 is 6.61. The predicted molar refractivity (Wildman–Crippen MR) is 68.4 cm³/mol. The molecule has 2 aromatic heterocycles. The normalized spacial score (nSPS) is 11.1. The van der Waals surface area contributed by atoms with Crippen molar-refractivity contribution >= 4 is 33.3 Å². The number of nitrogens with zero attached hydrogens (tertiary/aromatic N) is 2. The number of thiazole rings is 1. The van der Waals surface area contributed by atoms with Crippen molar-refractivity contribution in [2.24, 2.45) is 0 Å². The molecule has 0 unspecified atom stereocenters. The van der Waals surface area contributed by atoms with Gasteiger partial charge < -0.3 is 4.98 Å². The highest BCUT2D eigenvalue weighted by molar-refractivity contribution is 7.16. The SMILES string of the molecule is O=c1[nH]c(-c2cc(F)c(Cl)cc2F)nc2scnc12. The minimum atomic E-state index is -0.787. The zero-order chi connectivity index (χ0) is 13.6. The van der Waals surface area contributed by atoms with Gasteiger partial charge >= 0.3 is 0 Å². The Morgan fingerprint density at radius 3 is 2.84 bits per heavy atom. The summed E-state index contributed by atoms with van der Waals surface area (Å²) < 4.78 is 27.1. The molecule has 0 saturated heterocycles. The number of H-pyrrole nitrogens is 1. The van der Waals surface area contributed by atoms with Crippen molar-refractivity contribution in [2.75, 3.05) is 0 Å². The van der Waals surface area contributed by atoms with E-state index >= 15 is 0 Å². The lowest BCUT2D eigenvalue weighted by molar-refractivity contribution is 0.602. The molecule has 8 heteroatoms. The van der Waals surface area contributed by atoms with E-state index in [9.17, 15) is 13.6 Å². The molecular weight excluding hydrogens is 296 g/mol. The number of rotatable bonds is 1. The van der Waals surface area contributed by atoms with Crippen molar-refractivity contribution in [3.8, 4) is 11.4 Å². The number of hydrogen-bond donors (Lipinski definition) is 1. The summed E-state index contributed by atoms with van der Waals surface area (Å²) in [6.07, 6.45) is 0. The standard InChI is InChI=1S/C11H4ClF2N3OS/c12-5-2-6(13)4(1-7(5)14)9-16-10(18)8-11(17-9)19-3-15-8/h1-3H,(H,16,17,18). The van der Waals surface area contributed by atoms with Gasteiger partial charge in [-0.25, -0.2) is 18.7 Å². The molecule has 4 nitrogen and oxygen atoms in total. The zero-order valence-corrected chi connectivity index (χ0v) is 10.6. The lowest BCUT2D eigenvalue weighted by Gasteiger charge is -2.04. The molecule has 1 N–H and O–H groups in total. The lowest BCUT2D eigenvalue weighted by Crippen LogP contribution is -2.09. The van der Waals surface area contributed by atoms with Crippen LogP contribution in [0.15, 0.2) is 22.4 Å². The van der Waals surface area contributed by atoms with Crippen LogP contribution in [0.5, 0.6) is 0 Å². The molecule has 3 rings (SSSR count). The Balaban J connectivity index is 2.30. The van der Waals surface area contributed by atoms with Gasteiger partial charge in [-0.3, -0.25) is 4.79 Å². The van der Waals surface area contributed by atoms with Crippen LogP contribution < -0.4 is 5.56 Å². The number of benzene rings is 1. The fourth-order valence-corrected chi connectivity index (χ4v) is 2.41. The molecule has 0 fully saturated rings. The monoisotopic (exact) mass is 299 g/mol. The average Bonchev–Trinajstić information content (AvgIpc) is 2.82. The Bertz CT molecular complexity index is 846. The molecule has 0 aliphatic rings. The summed E-state index contributed by atoms with van der Waals surface area (Å²) in [6.45, 7) is 0. The molecule has 0 bridgehead atoms. The number of hydrogen-bond acceptors (Lipinski definition) is 4. The van der Waals surface area contributed by atoms with Crippen LogP contribution in [0.4, 0.5) is 8.78 Å². The average molecular weight is 300 g/mol. The van der Waals surface area contributed by atoms with Gasteiger partial charge in [-0.15, -0.1) is 11.3 Å². The summed E-state index contributed by atoms with van der Waals surface area (Å²) in [7, 11) is 0. The second-order valence-electron chi connectivity index (χ2n) is 3.67. The second kappa shape index (κ2) is 4.36. The summed E-state index contributed by atoms with van der Waals surface area (Å²) in [5.74, 6) is -1.61. The first-order valence-electron chi connectivity index (χ1n) is 5.04. The van der Waals surface area contributed by atoms with Crippen molar-refractivity contribution in [2.45, 2.75) is 0 Å². The Kier molecular flexibility index (Phi) is 2.79. The molecule has 19 heavy (non-hydrogen) atoms. The second-order valence-corrected chi connectivity index (χ2v) is 4.91. The fraction of sp³-hybridized carbons (Fsp3) is 0. The van der Waals surface area contributed by atoms with Gasteiger partial charge in [-0.1, -0.05) is 11.6 Å². The van der Waals surface area contributed by atoms with Gasteiger partial charge in [0, 0.05) is 0 Å². The zero-order valence-electron chi connectivity index (χ0n) is 9.08. The van der Waals surface area contributed by atoms with Crippen LogP contribution in [-0.4, -0.2) is 15.0 Å². The molecule has 96 valence electrons. The van der Waals surface area contributed by atoms with E-state index < -0.39 is 17.2 Å². The van der Waals surface area contributed by atoms with Crippen molar-refractivity contribution in [3.63, 3.8) is 0 Å². The minimum Gasteiger partial charge on any atom is -0.304 e. The first-order valence-corrected chi connectivity index (χ1v) is 6.30. The maximum Gasteiger partial charge on any atom is 0.278 e.